The number of hydrogen-bond donors (Lipinski definition) is 2. The summed E-state index contributed by atoms with van der Waals surface area (Å²) >= 11 is 5.26. The maximum absolute atomic E-state index is 12.2. The van der Waals surface area contributed by atoms with Crippen LogP contribution in [0.25, 0.3) is 16.8 Å². The number of amides is 1. The summed E-state index contributed by atoms with van der Waals surface area (Å²) in [6, 6.07) is 22.1. The molecule has 0 aliphatic heterocycles. The van der Waals surface area contributed by atoms with E-state index in [0.717, 1.165) is 40.8 Å². The zero-order valence-corrected chi connectivity index (χ0v) is 17.5. The molecule has 0 bridgehead atoms. The van der Waals surface area contributed by atoms with Gasteiger partial charge in [0, 0.05) is 30.5 Å². The molecule has 2 N–H and O–H groups in total. The smallest absolute Gasteiger partial charge is 0.250 e. The van der Waals surface area contributed by atoms with Crippen molar-refractivity contribution in [2.45, 2.75) is 13.8 Å². The summed E-state index contributed by atoms with van der Waals surface area (Å²) < 4.78 is 0. The topological polar surface area (TPSA) is 44.4 Å². The van der Waals surface area contributed by atoms with Crippen LogP contribution in [0.4, 0.5) is 11.4 Å². The first-order chi connectivity index (χ1) is 14.1. The summed E-state index contributed by atoms with van der Waals surface area (Å²) in [4.78, 5) is 14.5. The predicted molar refractivity (Wildman–Crippen MR) is 127 cm³/mol. The summed E-state index contributed by atoms with van der Waals surface area (Å²) in [7, 11) is 0. The van der Waals surface area contributed by atoms with Crippen molar-refractivity contribution in [3.05, 3.63) is 78.4 Å². The van der Waals surface area contributed by atoms with Crippen LogP contribution in [0.2, 0.25) is 0 Å². The number of nitrogens with zero attached hydrogens (tertiary/aromatic N) is 1. The Labute approximate surface area is 177 Å². The SMILES string of the molecule is CCN(CC)c1ccc(NC(=S)NC(=O)C=Cc2cccc3ccccc23)cc1. The van der Waals surface area contributed by atoms with Gasteiger partial charge >= 0.3 is 0 Å². The van der Waals surface area contributed by atoms with Gasteiger partial charge in [-0.1, -0.05) is 42.5 Å². The fraction of sp³-hybridized carbons (Fsp3) is 0.167. The second-order valence-electron chi connectivity index (χ2n) is 6.56. The van der Waals surface area contributed by atoms with E-state index in [9.17, 15) is 4.79 Å². The van der Waals surface area contributed by atoms with Crippen molar-refractivity contribution in [2.75, 3.05) is 23.3 Å². The molecule has 3 rings (SSSR count). The molecule has 148 valence electrons. The molecule has 0 atom stereocenters. The second kappa shape index (κ2) is 9.85. The van der Waals surface area contributed by atoms with Gasteiger partial charge in [-0.05, 0) is 72.7 Å². The molecular formula is C24H25N3OS. The monoisotopic (exact) mass is 403 g/mol. The van der Waals surface area contributed by atoms with Gasteiger partial charge in [0.05, 0.1) is 0 Å². The highest BCUT2D eigenvalue weighted by atomic mass is 32.1. The van der Waals surface area contributed by atoms with E-state index in [1.807, 2.05) is 54.6 Å². The van der Waals surface area contributed by atoms with Crippen LogP contribution in [0.1, 0.15) is 19.4 Å². The van der Waals surface area contributed by atoms with E-state index in [1.54, 1.807) is 6.08 Å². The van der Waals surface area contributed by atoms with E-state index >= 15 is 0 Å². The van der Waals surface area contributed by atoms with Gasteiger partial charge in [-0.2, -0.15) is 0 Å². The average molecular weight is 404 g/mol. The summed E-state index contributed by atoms with van der Waals surface area (Å²) in [6.45, 7) is 6.18. The Kier molecular flexibility index (Phi) is 6.98. The molecule has 3 aromatic rings. The van der Waals surface area contributed by atoms with Crippen molar-refractivity contribution >= 4 is 51.5 Å². The summed E-state index contributed by atoms with van der Waals surface area (Å²) in [5, 5.41) is 8.26. The highest BCUT2D eigenvalue weighted by Gasteiger charge is 2.05. The Bertz CT molecular complexity index is 1020. The number of nitrogens with one attached hydrogen (secondary N) is 2. The average Bonchev–Trinajstić information content (AvgIpc) is 2.74. The fourth-order valence-electron chi connectivity index (χ4n) is 3.22. The molecule has 0 saturated carbocycles. The fourth-order valence-corrected chi connectivity index (χ4v) is 3.44. The molecule has 0 saturated heterocycles. The summed E-state index contributed by atoms with van der Waals surface area (Å²) in [6.07, 6.45) is 3.30. The number of rotatable bonds is 6. The molecule has 0 aliphatic carbocycles. The van der Waals surface area contributed by atoms with Gasteiger partial charge in [0.15, 0.2) is 5.11 Å². The van der Waals surface area contributed by atoms with Gasteiger partial charge < -0.3 is 10.2 Å². The Morgan fingerprint density at radius 3 is 2.38 bits per heavy atom. The normalized spacial score (nSPS) is 10.8. The van der Waals surface area contributed by atoms with Crippen molar-refractivity contribution in [1.82, 2.24) is 5.32 Å². The molecule has 4 nitrogen and oxygen atoms in total. The van der Waals surface area contributed by atoms with Crippen molar-refractivity contribution in [2.24, 2.45) is 0 Å². The first kappa shape index (κ1) is 20.6. The third kappa shape index (κ3) is 5.42. The van der Waals surface area contributed by atoms with Crippen LogP contribution in [0.15, 0.2) is 72.8 Å². The van der Waals surface area contributed by atoms with E-state index in [2.05, 4.69) is 41.5 Å². The lowest BCUT2D eigenvalue weighted by atomic mass is 10.0. The number of anilines is 2. The molecule has 0 fully saturated rings. The molecule has 29 heavy (non-hydrogen) atoms. The van der Waals surface area contributed by atoms with Crippen molar-refractivity contribution in [1.29, 1.82) is 0 Å². The maximum Gasteiger partial charge on any atom is 0.250 e. The zero-order chi connectivity index (χ0) is 20.6. The Morgan fingerprint density at radius 2 is 1.66 bits per heavy atom. The maximum atomic E-state index is 12.2. The van der Waals surface area contributed by atoms with Crippen molar-refractivity contribution in [3.8, 4) is 0 Å². The van der Waals surface area contributed by atoms with Gasteiger partial charge in [-0.3, -0.25) is 10.1 Å². The lowest BCUT2D eigenvalue weighted by Gasteiger charge is -2.21. The molecule has 0 radical (unpaired) electrons. The minimum Gasteiger partial charge on any atom is -0.372 e. The number of fused-ring (bicyclic) bond motifs is 1. The predicted octanol–water partition coefficient (Wildman–Crippen LogP) is 5.21. The van der Waals surface area contributed by atoms with Crippen molar-refractivity contribution in [3.63, 3.8) is 0 Å². The van der Waals surface area contributed by atoms with E-state index in [4.69, 9.17) is 12.2 Å². The molecule has 0 spiro atoms. The number of carbonyl (C=O) groups excluding carboxylic acids is 1. The number of carbonyl (C=O) groups is 1. The molecule has 0 heterocycles. The third-order valence-electron chi connectivity index (χ3n) is 4.73. The van der Waals surface area contributed by atoms with E-state index in [1.165, 1.54) is 6.08 Å². The van der Waals surface area contributed by atoms with Crippen molar-refractivity contribution < 1.29 is 4.79 Å². The molecule has 5 heteroatoms. The minimum absolute atomic E-state index is 0.268. The Morgan fingerprint density at radius 1 is 0.966 bits per heavy atom. The Hall–Kier alpha value is -3.18. The van der Waals surface area contributed by atoms with E-state index in [0.29, 0.717) is 0 Å². The number of thiocarbonyl (C=S) groups is 1. The number of benzene rings is 3. The van der Waals surface area contributed by atoms with Gasteiger partial charge in [0.2, 0.25) is 5.91 Å². The van der Waals surface area contributed by atoms with Crippen LogP contribution in [-0.2, 0) is 4.79 Å². The van der Waals surface area contributed by atoms with Crippen LogP contribution in [-0.4, -0.2) is 24.1 Å². The highest BCUT2D eigenvalue weighted by Crippen LogP contribution is 2.20. The van der Waals surface area contributed by atoms with Gasteiger partial charge in [0.1, 0.15) is 0 Å². The highest BCUT2D eigenvalue weighted by molar-refractivity contribution is 7.80. The van der Waals surface area contributed by atoms with Gasteiger partial charge in [0.25, 0.3) is 0 Å². The summed E-state index contributed by atoms with van der Waals surface area (Å²) in [5.74, 6) is -0.268. The molecule has 0 aromatic heterocycles. The Balaban J connectivity index is 1.59. The van der Waals surface area contributed by atoms with E-state index in [-0.39, 0.29) is 11.0 Å². The van der Waals surface area contributed by atoms with Crippen LogP contribution >= 0.6 is 12.2 Å². The molecule has 3 aromatic carbocycles. The summed E-state index contributed by atoms with van der Waals surface area (Å²) in [5.41, 5.74) is 2.99. The second-order valence-corrected chi connectivity index (χ2v) is 6.97. The lowest BCUT2D eigenvalue weighted by molar-refractivity contribution is -0.115. The molecule has 1 amide bonds. The first-order valence-electron chi connectivity index (χ1n) is 9.73. The molecule has 0 aliphatic rings. The molecule has 0 unspecified atom stereocenters. The minimum atomic E-state index is -0.268. The van der Waals surface area contributed by atoms with Crippen LogP contribution in [0.3, 0.4) is 0 Å². The lowest BCUT2D eigenvalue weighted by Crippen LogP contribution is -2.32. The van der Waals surface area contributed by atoms with Gasteiger partial charge in [-0.25, -0.2) is 0 Å². The van der Waals surface area contributed by atoms with Crippen LogP contribution < -0.4 is 15.5 Å². The van der Waals surface area contributed by atoms with Crippen LogP contribution in [0.5, 0.6) is 0 Å². The quantitative estimate of drug-likeness (QED) is 0.438. The van der Waals surface area contributed by atoms with E-state index < -0.39 is 0 Å². The van der Waals surface area contributed by atoms with Gasteiger partial charge in [-0.15, -0.1) is 0 Å². The molecular weight excluding hydrogens is 378 g/mol. The zero-order valence-electron chi connectivity index (χ0n) is 16.7. The van der Waals surface area contributed by atoms with Crippen LogP contribution in [0, 0.1) is 0 Å². The largest absolute Gasteiger partial charge is 0.372 e. The standard InChI is InChI=1S/C24H25N3OS/c1-3-27(4-2)21-15-13-20(14-16-21)25-24(29)26-23(28)17-12-19-10-7-9-18-8-5-6-11-22(18)19/h5-17H,3-4H2,1-2H3,(H2,25,26,28,29). The first-order valence-corrected chi connectivity index (χ1v) is 10.1. The number of hydrogen-bond acceptors (Lipinski definition) is 3. The third-order valence-corrected chi connectivity index (χ3v) is 4.93.